The Hall–Kier alpha value is -1.41. The van der Waals surface area contributed by atoms with Crippen LogP contribution in [0.2, 0.25) is 0 Å². The largest absolute Gasteiger partial charge is 0.386 e. The van der Waals surface area contributed by atoms with Crippen LogP contribution in [0, 0.1) is 11.3 Å². The smallest absolute Gasteiger partial charge is 0.166 e. The molecule has 0 amide bonds. The predicted octanol–water partition coefficient (Wildman–Crippen LogP) is 5.40. The molecule has 1 atom stereocenters. The van der Waals surface area contributed by atoms with E-state index >= 15 is 0 Å². The van der Waals surface area contributed by atoms with Crippen molar-refractivity contribution in [3.63, 3.8) is 0 Å². The van der Waals surface area contributed by atoms with Crippen molar-refractivity contribution in [2.24, 2.45) is 11.3 Å². The fourth-order valence-electron chi connectivity index (χ4n) is 4.42. The van der Waals surface area contributed by atoms with E-state index in [0.29, 0.717) is 0 Å². The molecule has 0 saturated heterocycles. The van der Waals surface area contributed by atoms with Crippen LogP contribution in [-0.4, -0.2) is 10.9 Å². The van der Waals surface area contributed by atoms with Crippen LogP contribution in [0.25, 0.3) is 0 Å². The molecule has 0 saturated carbocycles. The van der Waals surface area contributed by atoms with Crippen LogP contribution in [0.1, 0.15) is 82.1 Å². The van der Waals surface area contributed by atoms with E-state index in [1.165, 1.54) is 19.3 Å². The molecule has 0 aromatic heterocycles. The molecule has 0 aliphatic heterocycles. The normalized spacial score (nSPS) is 23.8. The summed E-state index contributed by atoms with van der Waals surface area (Å²) in [5.41, 5.74) is 4.22. The van der Waals surface area contributed by atoms with Gasteiger partial charge in [-0.15, -0.1) is 0 Å². The number of rotatable bonds is 3. The maximum atomic E-state index is 13.0. The molecule has 1 aromatic carbocycles. The number of hydrogen-bond acceptors (Lipinski definition) is 2. The van der Waals surface area contributed by atoms with Crippen LogP contribution >= 0.6 is 0 Å². The van der Waals surface area contributed by atoms with Gasteiger partial charge in [0, 0.05) is 11.5 Å². The number of benzene rings is 1. The minimum absolute atomic E-state index is 0.120. The first-order chi connectivity index (χ1) is 11.2. The molecule has 3 rings (SSSR count). The molecule has 130 valence electrons. The molecule has 2 nitrogen and oxygen atoms in total. The van der Waals surface area contributed by atoms with Crippen molar-refractivity contribution in [2.75, 3.05) is 0 Å². The summed E-state index contributed by atoms with van der Waals surface area (Å²) >= 11 is 0. The van der Waals surface area contributed by atoms with E-state index in [9.17, 15) is 9.90 Å². The summed E-state index contributed by atoms with van der Waals surface area (Å²) in [6.45, 7) is 8.22. The Bertz CT molecular complexity index is 656. The minimum atomic E-state index is -0.863. The predicted molar refractivity (Wildman–Crippen MR) is 98.0 cm³/mol. The molecule has 0 radical (unpaired) electrons. The van der Waals surface area contributed by atoms with E-state index in [4.69, 9.17) is 0 Å². The molecule has 0 spiro atoms. The Labute approximate surface area is 146 Å². The van der Waals surface area contributed by atoms with Gasteiger partial charge in [0.15, 0.2) is 5.78 Å². The first kappa shape index (κ1) is 17.4. The lowest BCUT2D eigenvalue weighted by Crippen LogP contribution is -2.29. The Morgan fingerprint density at radius 1 is 1.17 bits per heavy atom. The summed E-state index contributed by atoms with van der Waals surface area (Å²) in [5.74, 6) is 0.388. The lowest BCUT2D eigenvalue weighted by Gasteiger charge is -2.40. The van der Waals surface area contributed by atoms with Crippen LogP contribution in [-0.2, 0) is 5.60 Å². The van der Waals surface area contributed by atoms with E-state index in [0.717, 1.165) is 30.4 Å². The van der Waals surface area contributed by atoms with Crippen LogP contribution < -0.4 is 0 Å². The highest BCUT2D eigenvalue weighted by molar-refractivity contribution is 5.98. The molecule has 0 heterocycles. The molecule has 1 N–H and O–H groups in total. The number of Topliss-reactive ketones (excluding diaryl/α,β-unsaturated/α-hetero) is 1. The third-order valence-electron chi connectivity index (χ3n) is 6.02. The maximum absolute atomic E-state index is 13.0. The molecular weight excluding hydrogens is 296 g/mol. The van der Waals surface area contributed by atoms with Gasteiger partial charge in [-0.05, 0) is 63.4 Å². The Morgan fingerprint density at radius 2 is 1.83 bits per heavy atom. The summed E-state index contributed by atoms with van der Waals surface area (Å²) < 4.78 is 0. The summed E-state index contributed by atoms with van der Waals surface area (Å²) in [5, 5.41) is 10.1. The zero-order valence-electron chi connectivity index (χ0n) is 15.5. The van der Waals surface area contributed by atoms with Gasteiger partial charge in [0.25, 0.3) is 0 Å². The second-order valence-electron chi connectivity index (χ2n) is 8.76. The summed E-state index contributed by atoms with van der Waals surface area (Å²) in [6.07, 6.45) is 6.79. The number of ketones is 1. The number of aliphatic hydroxyl groups is 1. The molecule has 2 heteroatoms. The molecule has 2 aliphatic carbocycles. The first-order valence-corrected chi connectivity index (χ1v) is 9.27. The zero-order valence-corrected chi connectivity index (χ0v) is 15.5. The number of hydrogen-bond donors (Lipinski definition) is 1. The Kier molecular flexibility index (Phi) is 4.46. The van der Waals surface area contributed by atoms with Crippen LogP contribution in [0.5, 0.6) is 0 Å². The van der Waals surface area contributed by atoms with Crippen LogP contribution in [0.3, 0.4) is 0 Å². The van der Waals surface area contributed by atoms with Crippen molar-refractivity contribution in [1.82, 2.24) is 0 Å². The molecular formula is C22H30O2. The first-order valence-electron chi connectivity index (χ1n) is 9.27. The lowest BCUT2D eigenvalue weighted by atomic mass is 9.65. The molecule has 1 aromatic rings. The van der Waals surface area contributed by atoms with Crippen molar-refractivity contribution in [1.29, 1.82) is 0 Å². The van der Waals surface area contributed by atoms with E-state index in [-0.39, 0.29) is 17.1 Å². The molecule has 0 fully saturated rings. The SMILES string of the molecule is CC1(C)CCCC2=C1CC(C(=O)c1ccc(C(C)(C)O)cc1)CC2. The van der Waals surface area contributed by atoms with Crippen LogP contribution in [0.4, 0.5) is 0 Å². The number of carbonyl (C=O) groups is 1. The van der Waals surface area contributed by atoms with Gasteiger partial charge in [-0.2, -0.15) is 0 Å². The molecule has 0 bridgehead atoms. The van der Waals surface area contributed by atoms with E-state index in [1.54, 1.807) is 25.0 Å². The number of carbonyl (C=O) groups excluding carboxylic acids is 1. The zero-order chi connectivity index (χ0) is 17.5. The quantitative estimate of drug-likeness (QED) is 0.596. The highest BCUT2D eigenvalue weighted by Crippen LogP contribution is 2.48. The van der Waals surface area contributed by atoms with Gasteiger partial charge in [0.1, 0.15) is 0 Å². The summed E-state index contributed by atoms with van der Waals surface area (Å²) in [7, 11) is 0. The minimum Gasteiger partial charge on any atom is -0.386 e. The lowest BCUT2D eigenvalue weighted by molar-refractivity contribution is 0.0783. The third kappa shape index (κ3) is 3.35. The number of allylic oxidation sites excluding steroid dienone is 2. The van der Waals surface area contributed by atoms with Gasteiger partial charge in [-0.1, -0.05) is 49.3 Å². The average molecular weight is 326 g/mol. The second-order valence-corrected chi connectivity index (χ2v) is 8.76. The van der Waals surface area contributed by atoms with Crippen molar-refractivity contribution in [2.45, 2.75) is 71.8 Å². The fraction of sp³-hybridized carbons (Fsp3) is 0.591. The van der Waals surface area contributed by atoms with Crippen molar-refractivity contribution >= 4 is 5.78 Å². The summed E-state index contributed by atoms with van der Waals surface area (Å²) in [6, 6.07) is 7.52. The highest BCUT2D eigenvalue weighted by atomic mass is 16.3. The highest BCUT2D eigenvalue weighted by Gasteiger charge is 2.36. The average Bonchev–Trinajstić information content (AvgIpc) is 2.53. The topological polar surface area (TPSA) is 37.3 Å². The van der Waals surface area contributed by atoms with Gasteiger partial charge in [0.2, 0.25) is 0 Å². The third-order valence-corrected chi connectivity index (χ3v) is 6.02. The fourth-order valence-corrected chi connectivity index (χ4v) is 4.42. The maximum Gasteiger partial charge on any atom is 0.166 e. The molecule has 1 unspecified atom stereocenters. The van der Waals surface area contributed by atoms with Gasteiger partial charge >= 0.3 is 0 Å². The Morgan fingerprint density at radius 3 is 2.46 bits per heavy atom. The molecule has 24 heavy (non-hydrogen) atoms. The van der Waals surface area contributed by atoms with Gasteiger partial charge in [-0.3, -0.25) is 4.79 Å². The molecule has 2 aliphatic rings. The second kappa shape index (κ2) is 6.15. The summed E-state index contributed by atoms with van der Waals surface area (Å²) in [4.78, 5) is 13.0. The van der Waals surface area contributed by atoms with Crippen LogP contribution in [0.15, 0.2) is 35.4 Å². The standard InChI is InChI=1S/C22H30O2/c1-21(2)13-5-6-15-7-8-17(14-19(15)21)20(23)16-9-11-18(12-10-16)22(3,4)24/h9-12,17,24H,5-8,13-14H2,1-4H3. The van der Waals surface area contributed by atoms with Gasteiger partial charge < -0.3 is 5.11 Å². The van der Waals surface area contributed by atoms with Crippen molar-refractivity contribution in [3.8, 4) is 0 Å². The van der Waals surface area contributed by atoms with E-state index in [2.05, 4.69) is 13.8 Å². The van der Waals surface area contributed by atoms with Crippen molar-refractivity contribution < 1.29 is 9.90 Å². The van der Waals surface area contributed by atoms with Crippen molar-refractivity contribution in [3.05, 3.63) is 46.5 Å². The van der Waals surface area contributed by atoms with E-state index < -0.39 is 5.60 Å². The van der Waals surface area contributed by atoms with E-state index in [1.807, 2.05) is 24.3 Å². The van der Waals surface area contributed by atoms with Gasteiger partial charge in [-0.25, -0.2) is 0 Å². The Balaban J connectivity index is 1.78. The van der Waals surface area contributed by atoms with Gasteiger partial charge in [0.05, 0.1) is 5.60 Å². The monoisotopic (exact) mass is 326 g/mol.